The van der Waals surface area contributed by atoms with Crippen molar-refractivity contribution in [3.8, 4) is 0 Å². The van der Waals surface area contributed by atoms with Gasteiger partial charge in [0.2, 0.25) is 0 Å². The third-order valence-electron chi connectivity index (χ3n) is 3.31. The fourth-order valence-electron chi connectivity index (χ4n) is 2.41. The van der Waals surface area contributed by atoms with Crippen LogP contribution in [-0.4, -0.2) is 0 Å². The number of allylic oxidation sites excluding steroid dienone is 3. The molecule has 0 radical (unpaired) electrons. The van der Waals surface area contributed by atoms with E-state index in [1.807, 2.05) is 37.3 Å². The van der Waals surface area contributed by atoms with E-state index in [1.54, 1.807) is 6.08 Å². The van der Waals surface area contributed by atoms with Crippen LogP contribution in [0.5, 0.6) is 0 Å². The van der Waals surface area contributed by atoms with Gasteiger partial charge in [0.05, 0.1) is 0 Å². The molecule has 0 aromatic heterocycles. The molecule has 0 nitrogen and oxygen atoms in total. The minimum Gasteiger partial charge on any atom is -0.0991 e. The van der Waals surface area contributed by atoms with Gasteiger partial charge in [-0.05, 0) is 47.2 Å². The van der Waals surface area contributed by atoms with Gasteiger partial charge in [-0.15, -0.1) is 0 Å². The van der Waals surface area contributed by atoms with Gasteiger partial charge in [0.15, 0.2) is 0 Å². The molecule has 0 bridgehead atoms. The molecule has 1 rings (SSSR count). The smallest absolute Gasteiger partial charge is 0.0105 e. The number of hydrogen-bond donors (Lipinski definition) is 0. The molecule has 0 saturated carbocycles. The maximum atomic E-state index is 3.95. The Kier molecular flexibility index (Phi) is 5.74. The largest absolute Gasteiger partial charge is 0.0991 e. The van der Waals surface area contributed by atoms with Gasteiger partial charge in [0.1, 0.15) is 0 Å². The van der Waals surface area contributed by atoms with Crippen molar-refractivity contribution >= 4 is 30.4 Å². The maximum Gasteiger partial charge on any atom is -0.0105 e. The SMILES string of the molecule is C=C/C=C\c1c(C)c(C=C)c(C=C)c(C=C)c1/C=C\C. The first kappa shape index (κ1) is 15.7. The Morgan fingerprint density at radius 2 is 1.25 bits per heavy atom. The van der Waals surface area contributed by atoms with Crippen LogP contribution in [0.15, 0.2) is 44.5 Å². The van der Waals surface area contributed by atoms with Crippen molar-refractivity contribution in [1.29, 1.82) is 0 Å². The van der Waals surface area contributed by atoms with Gasteiger partial charge < -0.3 is 0 Å². The molecule has 0 heteroatoms. The maximum absolute atomic E-state index is 3.95. The summed E-state index contributed by atoms with van der Waals surface area (Å²) in [5.41, 5.74) is 6.77. The molecule has 0 aliphatic carbocycles. The fraction of sp³-hybridized carbons (Fsp3) is 0.100. The Morgan fingerprint density at radius 3 is 1.70 bits per heavy atom. The van der Waals surface area contributed by atoms with Crippen LogP contribution in [0.4, 0.5) is 0 Å². The lowest BCUT2D eigenvalue weighted by atomic mass is 9.86. The molecule has 0 atom stereocenters. The van der Waals surface area contributed by atoms with E-state index < -0.39 is 0 Å². The standard InChI is InChI=1S/C20H22/c1-7-12-14-19-15(6)16(9-3)17(10-4)18(11-5)20(19)13-8-2/h7-14H,1,3-5H2,2,6H3/b13-8-,14-12-. The fourth-order valence-corrected chi connectivity index (χ4v) is 2.41. The first-order valence-corrected chi connectivity index (χ1v) is 6.65. The molecule has 0 aliphatic heterocycles. The highest BCUT2D eigenvalue weighted by Crippen LogP contribution is 2.32. The van der Waals surface area contributed by atoms with Crippen LogP contribution in [0.2, 0.25) is 0 Å². The van der Waals surface area contributed by atoms with E-state index in [2.05, 4.69) is 45.4 Å². The number of hydrogen-bond acceptors (Lipinski definition) is 0. The van der Waals surface area contributed by atoms with Crippen LogP contribution in [0.3, 0.4) is 0 Å². The third kappa shape index (κ3) is 2.80. The van der Waals surface area contributed by atoms with Crippen molar-refractivity contribution in [3.63, 3.8) is 0 Å². The highest BCUT2D eigenvalue weighted by atomic mass is 14.2. The van der Waals surface area contributed by atoms with Gasteiger partial charge in [0.25, 0.3) is 0 Å². The van der Waals surface area contributed by atoms with Crippen LogP contribution in [0, 0.1) is 6.92 Å². The highest BCUT2D eigenvalue weighted by molar-refractivity contribution is 5.86. The van der Waals surface area contributed by atoms with Crippen LogP contribution >= 0.6 is 0 Å². The molecule has 0 fully saturated rings. The van der Waals surface area contributed by atoms with E-state index in [0.29, 0.717) is 0 Å². The van der Waals surface area contributed by atoms with Crippen LogP contribution in [0.25, 0.3) is 30.4 Å². The van der Waals surface area contributed by atoms with Gasteiger partial charge >= 0.3 is 0 Å². The van der Waals surface area contributed by atoms with Gasteiger partial charge in [-0.25, -0.2) is 0 Å². The molecular formula is C20H22. The zero-order valence-corrected chi connectivity index (χ0v) is 12.4. The van der Waals surface area contributed by atoms with Crippen molar-refractivity contribution in [1.82, 2.24) is 0 Å². The third-order valence-corrected chi connectivity index (χ3v) is 3.31. The predicted octanol–water partition coefficient (Wildman–Crippen LogP) is 6.16. The summed E-state index contributed by atoms with van der Waals surface area (Å²) in [5, 5.41) is 0. The lowest BCUT2D eigenvalue weighted by Crippen LogP contribution is -1.99. The lowest BCUT2D eigenvalue weighted by Gasteiger charge is -2.18. The Labute approximate surface area is 122 Å². The van der Waals surface area contributed by atoms with E-state index in [9.17, 15) is 0 Å². The Bertz CT molecular complexity index is 608. The Balaban J connectivity index is 3.94. The van der Waals surface area contributed by atoms with E-state index in [4.69, 9.17) is 0 Å². The molecule has 0 spiro atoms. The lowest BCUT2D eigenvalue weighted by molar-refractivity contribution is 1.37. The first-order valence-electron chi connectivity index (χ1n) is 6.65. The average molecular weight is 262 g/mol. The second kappa shape index (κ2) is 7.30. The van der Waals surface area contributed by atoms with Crippen molar-refractivity contribution in [2.45, 2.75) is 13.8 Å². The van der Waals surface area contributed by atoms with Crippen LogP contribution in [-0.2, 0) is 0 Å². The zero-order valence-electron chi connectivity index (χ0n) is 12.4. The molecule has 1 aromatic rings. The van der Waals surface area contributed by atoms with Crippen molar-refractivity contribution in [2.24, 2.45) is 0 Å². The number of rotatable bonds is 6. The zero-order chi connectivity index (χ0) is 15.1. The van der Waals surface area contributed by atoms with Crippen molar-refractivity contribution in [3.05, 3.63) is 77.9 Å². The molecule has 20 heavy (non-hydrogen) atoms. The molecule has 0 unspecified atom stereocenters. The van der Waals surface area contributed by atoms with E-state index in [0.717, 1.165) is 22.3 Å². The summed E-state index contributed by atoms with van der Waals surface area (Å²) >= 11 is 0. The Hall–Kier alpha value is -2.34. The summed E-state index contributed by atoms with van der Waals surface area (Å²) in [6, 6.07) is 0. The minimum atomic E-state index is 1.08. The average Bonchev–Trinajstić information content (AvgIpc) is 2.46. The van der Waals surface area contributed by atoms with Gasteiger partial charge in [-0.1, -0.05) is 74.9 Å². The molecule has 0 aliphatic rings. The topological polar surface area (TPSA) is 0 Å². The van der Waals surface area contributed by atoms with Gasteiger partial charge in [-0.2, -0.15) is 0 Å². The molecule has 0 heterocycles. The summed E-state index contributed by atoms with van der Waals surface area (Å²) in [5.74, 6) is 0. The van der Waals surface area contributed by atoms with E-state index in [-0.39, 0.29) is 0 Å². The van der Waals surface area contributed by atoms with Gasteiger partial charge in [-0.3, -0.25) is 0 Å². The second-order valence-electron chi connectivity index (χ2n) is 4.40. The van der Waals surface area contributed by atoms with Crippen LogP contribution in [0.1, 0.15) is 40.3 Å². The molecule has 0 saturated heterocycles. The first-order chi connectivity index (χ1) is 9.65. The summed E-state index contributed by atoms with van der Waals surface area (Å²) in [7, 11) is 0. The van der Waals surface area contributed by atoms with E-state index >= 15 is 0 Å². The molecule has 1 aromatic carbocycles. The molecule has 0 N–H and O–H groups in total. The summed E-state index contributed by atoms with van der Waals surface area (Å²) in [4.78, 5) is 0. The van der Waals surface area contributed by atoms with Crippen LogP contribution < -0.4 is 0 Å². The molecular weight excluding hydrogens is 240 g/mol. The monoisotopic (exact) mass is 262 g/mol. The molecule has 0 amide bonds. The van der Waals surface area contributed by atoms with Crippen molar-refractivity contribution in [2.75, 3.05) is 0 Å². The summed E-state index contributed by atoms with van der Waals surface area (Å²) < 4.78 is 0. The molecule has 102 valence electrons. The van der Waals surface area contributed by atoms with Crippen molar-refractivity contribution < 1.29 is 0 Å². The highest BCUT2D eigenvalue weighted by Gasteiger charge is 2.14. The minimum absolute atomic E-state index is 1.08. The summed E-state index contributed by atoms with van der Waals surface area (Å²) in [6.07, 6.45) is 15.6. The van der Waals surface area contributed by atoms with E-state index in [1.165, 1.54) is 11.1 Å². The summed E-state index contributed by atoms with van der Waals surface area (Å²) in [6.45, 7) is 19.7. The number of benzene rings is 1. The Morgan fingerprint density at radius 1 is 0.700 bits per heavy atom. The normalized spacial score (nSPS) is 10.9. The second-order valence-corrected chi connectivity index (χ2v) is 4.40. The quantitative estimate of drug-likeness (QED) is 0.539. The predicted molar refractivity (Wildman–Crippen MR) is 95.4 cm³/mol. The van der Waals surface area contributed by atoms with Gasteiger partial charge in [0, 0.05) is 0 Å².